The molecule has 158 valence electrons. The van der Waals surface area contributed by atoms with Crippen molar-refractivity contribution in [1.29, 1.82) is 0 Å². The van der Waals surface area contributed by atoms with Crippen molar-refractivity contribution in [2.45, 2.75) is 38.3 Å². The molecule has 1 amide bonds. The molecule has 3 aromatic rings. The molecular formula is C23H25N7O. The van der Waals surface area contributed by atoms with Crippen LogP contribution in [0.2, 0.25) is 0 Å². The maximum Gasteiger partial charge on any atom is 0.237 e. The molecule has 5 rings (SSSR count). The Kier molecular flexibility index (Phi) is 5.54. The molecule has 1 fully saturated rings. The highest BCUT2D eigenvalue weighted by Gasteiger charge is 2.30. The predicted octanol–water partition coefficient (Wildman–Crippen LogP) is 2.70. The lowest BCUT2D eigenvalue weighted by atomic mass is 10.1. The molecule has 2 aliphatic rings. The van der Waals surface area contributed by atoms with Crippen LogP contribution in [-0.2, 0) is 17.8 Å². The molecule has 0 saturated carbocycles. The second kappa shape index (κ2) is 8.77. The number of carbonyl (C=O) groups is 1. The van der Waals surface area contributed by atoms with E-state index in [1.54, 1.807) is 6.20 Å². The number of rotatable bonds is 0. The first kappa shape index (κ1) is 19.6. The molecule has 1 saturated heterocycles. The van der Waals surface area contributed by atoms with E-state index in [9.17, 15) is 4.79 Å². The molecule has 6 bridgehead atoms. The van der Waals surface area contributed by atoms with Gasteiger partial charge >= 0.3 is 0 Å². The molecule has 4 heterocycles. The van der Waals surface area contributed by atoms with E-state index in [4.69, 9.17) is 0 Å². The van der Waals surface area contributed by atoms with E-state index in [-0.39, 0.29) is 11.9 Å². The molecule has 0 spiro atoms. The SMILES string of the molecule is O=C1NCCCc2cc(ccn2)-c2ncnc(n2)Nc2cccc(c2)CN2CCCC12. The normalized spacial score (nSPS) is 19.5. The van der Waals surface area contributed by atoms with Crippen molar-refractivity contribution in [3.63, 3.8) is 0 Å². The third kappa shape index (κ3) is 4.54. The van der Waals surface area contributed by atoms with Crippen molar-refractivity contribution in [2.24, 2.45) is 0 Å². The molecule has 1 unspecified atom stereocenters. The van der Waals surface area contributed by atoms with Crippen LogP contribution < -0.4 is 10.6 Å². The Morgan fingerprint density at radius 2 is 2.03 bits per heavy atom. The van der Waals surface area contributed by atoms with Gasteiger partial charge in [0.2, 0.25) is 11.9 Å². The van der Waals surface area contributed by atoms with Gasteiger partial charge < -0.3 is 10.6 Å². The molecule has 1 atom stereocenters. The lowest BCUT2D eigenvalue weighted by Gasteiger charge is -2.24. The minimum Gasteiger partial charge on any atom is -0.355 e. The summed E-state index contributed by atoms with van der Waals surface area (Å²) in [4.78, 5) is 32.7. The van der Waals surface area contributed by atoms with Crippen LogP contribution >= 0.6 is 0 Å². The first-order valence-corrected chi connectivity index (χ1v) is 10.8. The van der Waals surface area contributed by atoms with Gasteiger partial charge in [0.05, 0.1) is 6.04 Å². The number of anilines is 2. The standard InChI is InChI=1S/C23H25N7O/c31-22-20-7-3-11-30(20)14-16-4-1-5-19(12-16)28-23-27-15-26-21(29-23)17-8-10-24-18(13-17)6-2-9-25-22/h1,4-5,8,10,12-13,15,20H,2-3,6-7,9,11,14H2,(H,25,31)(H,26,27,28,29). The zero-order chi connectivity index (χ0) is 21.0. The molecule has 2 aliphatic heterocycles. The van der Waals surface area contributed by atoms with Gasteiger partial charge in [0.1, 0.15) is 6.33 Å². The number of pyridine rings is 1. The first-order valence-electron chi connectivity index (χ1n) is 10.8. The molecule has 31 heavy (non-hydrogen) atoms. The number of hydrogen-bond acceptors (Lipinski definition) is 7. The smallest absolute Gasteiger partial charge is 0.237 e. The number of aryl methyl sites for hydroxylation is 1. The third-order valence-electron chi connectivity index (χ3n) is 5.79. The largest absolute Gasteiger partial charge is 0.355 e. The highest BCUT2D eigenvalue weighted by atomic mass is 16.2. The Morgan fingerprint density at radius 3 is 3.00 bits per heavy atom. The Labute approximate surface area is 181 Å². The number of hydrogen-bond donors (Lipinski definition) is 2. The minimum absolute atomic E-state index is 0.0666. The maximum absolute atomic E-state index is 12.8. The molecule has 0 radical (unpaired) electrons. The first-order chi connectivity index (χ1) is 15.2. The van der Waals surface area contributed by atoms with Gasteiger partial charge in [-0.25, -0.2) is 9.97 Å². The van der Waals surface area contributed by atoms with Crippen molar-refractivity contribution >= 4 is 17.5 Å². The zero-order valence-corrected chi connectivity index (χ0v) is 17.3. The number of benzene rings is 1. The molecule has 8 heteroatoms. The van der Waals surface area contributed by atoms with Crippen LogP contribution in [0.4, 0.5) is 11.6 Å². The third-order valence-corrected chi connectivity index (χ3v) is 5.79. The fourth-order valence-electron chi connectivity index (χ4n) is 4.27. The molecule has 1 aromatic carbocycles. The Hall–Kier alpha value is -3.39. The van der Waals surface area contributed by atoms with Gasteiger partial charge in [-0.1, -0.05) is 12.1 Å². The number of nitrogens with one attached hydrogen (secondary N) is 2. The Bertz CT molecular complexity index is 1090. The topological polar surface area (TPSA) is 95.9 Å². The zero-order valence-electron chi connectivity index (χ0n) is 17.3. The summed E-state index contributed by atoms with van der Waals surface area (Å²) in [7, 11) is 0. The molecular weight excluding hydrogens is 390 g/mol. The van der Waals surface area contributed by atoms with Gasteiger partial charge in [-0.3, -0.25) is 14.7 Å². The quantitative estimate of drug-likeness (QED) is 0.583. The van der Waals surface area contributed by atoms with E-state index in [0.717, 1.165) is 61.3 Å². The van der Waals surface area contributed by atoms with E-state index < -0.39 is 0 Å². The van der Waals surface area contributed by atoms with Crippen LogP contribution in [-0.4, -0.2) is 49.9 Å². The monoisotopic (exact) mass is 415 g/mol. The van der Waals surface area contributed by atoms with E-state index in [1.165, 1.54) is 6.33 Å². The van der Waals surface area contributed by atoms with Crippen LogP contribution in [0.15, 0.2) is 48.9 Å². The number of fused-ring (bicyclic) bond motifs is 8. The van der Waals surface area contributed by atoms with Crippen molar-refractivity contribution in [1.82, 2.24) is 30.2 Å². The van der Waals surface area contributed by atoms with E-state index in [2.05, 4.69) is 47.6 Å². The lowest BCUT2D eigenvalue weighted by Crippen LogP contribution is -2.43. The molecule has 0 aliphatic carbocycles. The van der Waals surface area contributed by atoms with Gasteiger partial charge in [-0.15, -0.1) is 0 Å². The highest BCUT2D eigenvalue weighted by molar-refractivity contribution is 5.82. The number of nitrogens with zero attached hydrogens (tertiary/aromatic N) is 5. The van der Waals surface area contributed by atoms with E-state index in [1.807, 2.05) is 24.3 Å². The molecule has 2 aromatic heterocycles. The summed E-state index contributed by atoms with van der Waals surface area (Å²) < 4.78 is 0. The predicted molar refractivity (Wildman–Crippen MR) is 118 cm³/mol. The van der Waals surface area contributed by atoms with Crippen molar-refractivity contribution in [3.8, 4) is 11.4 Å². The average molecular weight is 416 g/mol. The number of amides is 1. The fourth-order valence-corrected chi connectivity index (χ4v) is 4.27. The van der Waals surface area contributed by atoms with Crippen LogP contribution in [0.5, 0.6) is 0 Å². The number of aromatic nitrogens is 4. The van der Waals surface area contributed by atoms with Gasteiger partial charge in [-0.05, 0) is 62.1 Å². The second-order valence-corrected chi connectivity index (χ2v) is 8.02. The van der Waals surface area contributed by atoms with Gasteiger partial charge in [-0.2, -0.15) is 4.98 Å². The summed E-state index contributed by atoms with van der Waals surface area (Å²) in [5.74, 6) is 1.23. The summed E-state index contributed by atoms with van der Waals surface area (Å²) in [6.07, 6.45) is 6.86. The second-order valence-electron chi connectivity index (χ2n) is 8.02. The summed E-state index contributed by atoms with van der Waals surface area (Å²) >= 11 is 0. The molecule has 8 nitrogen and oxygen atoms in total. The number of carbonyl (C=O) groups excluding carboxylic acids is 1. The summed E-state index contributed by atoms with van der Waals surface area (Å²) in [5.41, 5.74) is 3.92. The summed E-state index contributed by atoms with van der Waals surface area (Å²) in [6, 6.07) is 12.0. The molecule has 2 N–H and O–H groups in total. The van der Waals surface area contributed by atoms with Crippen molar-refractivity contribution in [3.05, 3.63) is 60.2 Å². The van der Waals surface area contributed by atoms with Gasteiger partial charge in [0.25, 0.3) is 0 Å². The summed E-state index contributed by atoms with van der Waals surface area (Å²) in [6.45, 7) is 2.32. The van der Waals surface area contributed by atoms with Crippen LogP contribution in [0.25, 0.3) is 11.4 Å². The lowest BCUT2D eigenvalue weighted by molar-refractivity contribution is -0.125. The maximum atomic E-state index is 12.8. The van der Waals surface area contributed by atoms with Crippen LogP contribution in [0.1, 0.15) is 30.5 Å². The average Bonchev–Trinajstić information content (AvgIpc) is 3.25. The van der Waals surface area contributed by atoms with Crippen molar-refractivity contribution in [2.75, 3.05) is 18.4 Å². The Balaban J connectivity index is 1.48. The summed E-state index contributed by atoms with van der Waals surface area (Å²) in [5, 5.41) is 6.41. The van der Waals surface area contributed by atoms with E-state index in [0.29, 0.717) is 18.3 Å². The highest BCUT2D eigenvalue weighted by Crippen LogP contribution is 2.23. The fraction of sp³-hybridized carbons (Fsp3) is 0.348. The van der Waals surface area contributed by atoms with Crippen LogP contribution in [0, 0.1) is 0 Å². The Morgan fingerprint density at radius 1 is 1.06 bits per heavy atom. The van der Waals surface area contributed by atoms with E-state index >= 15 is 0 Å². The van der Waals surface area contributed by atoms with Crippen LogP contribution in [0.3, 0.4) is 0 Å². The van der Waals surface area contributed by atoms with Gasteiger partial charge in [0.15, 0.2) is 5.82 Å². The minimum atomic E-state index is -0.0666. The van der Waals surface area contributed by atoms with Gasteiger partial charge in [0, 0.05) is 36.2 Å². The van der Waals surface area contributed by atoms with Crippen molar-refractivity contribution < 1.29 is 4.79 Å².